The molecular weight excluding hydrogens is 351 g/mol. The van der Waals surface area contributed by atoms with E-state index >= 15 is 0 Å². The lowest BCUT2D eigenvalue weighted by atomic mass is 9.92. The second kappa shape index (κ2) is 7.95. The monoisotopic (exact) mass is 366 g/mol. The van der Waals surface area contributed by atoms with Crippen molar-refractivity contribution in [1.82, 2.24) is 0 Å². The number of carbonyl (C=O) groups is 1. The highest BCUT2D eigenvalue weighted by molar-refractivity contribution is 6.71. The molecule has 0 unspecified atom stereocenters. The van der Waals surface area contributed by atoms with Crippen molar-refractivity contribution in [3.63, 3.8) is 0 Å². The number of allylic oxidation sites excluding steroid dienone is 2. The fourth-order valence-electron chi connectivity index (χ4n) is 1.37. The Morgan fingerprint density at radius 3 is 2.58 bits per heavy atom. The summed E-state index contributed by atoms with van der Waals surface area (Å²) in [5.74, 6) is -1.08. The molecule has 0 amide bonds. The van der Waals surface area contributed by atoms with Gasteiger partial charge in [0.1, 0.15) is 11.8 Å². The van der Waals surface area contributed by atoms with Gasteiger partial charge >= 0.3 is 0 Å². The van der Waals surface area contributed by atoms with Gasteiger partial charge in [0.05, 0.1) is 16.5 Å². The zero-order valence-electron chi connectivity index (χ0n) is 13.3. The summed E-state index contributed by atoms with van der Waals surface area (Å²) in [6.07, 6.45) is 1.00. The number of ketones is 1. The summed E-state index contributed by atoms with van der Waals surface area (Å²) in [5.41, 5.74) is 1.06. The van der Waals surface area contributed by atoms with E-state index in [9.17, 15) is 9.90 Å². The molecule has 1 aromatic rings. The fourth-order valence-corrected chi connectivity index (χ4v) is 1.70. The zero-order valence-corrected chi connectivity index (χ0v) is 14.8. The average molecular weight is 367 g/mol. The third kappa shape index (κ3) is 5.37. The molecule has 0 bridgehead atoms. The number of aliphatic hydroxyl groups is 1. The van der Waals surface area contributed by atoms with Crippen LogP contribution in [0.25, 0.3) is 0 Å². The maximum Gasteiger partial charge on any atom is 0.241 e. The van der Waals surface area contributed by atoms with Crippen molar-refractivity contribution in [3.05, 3.63) is 40.1 Å². The van der Waals surface area contributed by atoms with Crippen LogP contribution in [0.1, 0.15) is 20.8 Å². The third-order valence-corrected chi connectivity index (χ3v) is 3.40. The zero-order chi connectivity index (χ0) is 18.5. The first-order valence-electron chi connectivity index (χ1n) is 6.79. The summed E-state index contributed by atoms with van der Waals surface area (Å²) in [5, 5.41) is 31.0. The summed E-state index contributed by atoms with van der Waals surface area (Å²) in [4.78, 5) is 12.1. The van der Waals surface area contributed by atoms with Crippen LogP contribution in [0.2, 0.25) is 10.0 Å². The number of nitrogens with one attached hydrogen (secondary N) is 2. The Labute approximate surface area is 149 Å². The van der Waals surface area contributed by atoms with E-state index in [2.05, 4.69) is 10.5 Å². The van der Waals surface area contributed by atoms with Gasteiger partial charge in [-0.25, -0.2) is 0 Å². The minimum Gasteiger partial charge on any atom is -0.512 e. The number of nitriles is 1. The van der Waals surface area contributed by atoms with Gasteiger partial charge < -0.3 is 5.11 Å². The van der Waals surface area contributed by atoms with Gasteiger partial charge in [0.2, 0.25) is 11.5 Å². The normalized spacial score (nSPS) is 12.5. The molecule has 3 N–H and O–H groups in total. The Balaban J connectivity index is 3.01. The van der Waals surface area contributed by atoms with Crippen molar-refractivity contribution in [1.29, 1.82) is 10.7 Å². The SMILES string of the molecule is CC(C)(C)/C(O)=C/C(=N)C(=O)/C(C#N)=N/Nc1cc(Cl)ccc1Cl. The summed E-state index contributed by atoms with van der Waals surface area (Å²) in [6, 6.07) is 6.19. The number of Topliss-reactive ketones (excluding diaryl/α,β-unsaturated/α-hetero) is 1. The lowest BCUT2D eigenvalue weighted by molar-refractivity contribution is -0.107. The molecule has 126 valence electrons. The van der Waals surface area contributed by atoms with E-state index in [0.717, 1.165) is 6.08 Å². The van der Waals surface area contributed by atoms with Crippen LogP contribution in [0.5, 0.6) is 0 Å². The molecule has 0 saturated carbocycles. The molecule has 6 nitrogen and oxygen atoms in total. The molecule has 0 aliphatic carbocycles. The average Bonchev–Trinajstić information content (AvgIpc) is 2.49. The number of nitrogens with zero attached hydrogens (tertiary/aromatic N) is 2. The second-order valence-corrected chi connectivity index (χ2v) is 6.67. The predicted octanol–water partition coefficient (Wildman–Crippen LogP) is 4.36. The highest BCUT2D eigenvalue weighted by atomic mass is 35.5. The van der Waals surface area contributed by atoms with Crippen molar-refractivity contribution >= 4 is 46.1 Å². The minimum atomic E-state index is -0.932. The Morgan fingerprint density at radius 2 is 2.04 bits per heavy atom. The van der Waals surface area contributed by atoms with E-state index in [-0.39, 0.29) is 5.76 Å². The summed E-state index contributed by atoms with van der Waals surface area (Å²) >= 11 is 11.8. The van der Waals surface area contributed by atoms with E-state index in [1.807, 2.05) is 0 Å². The molecule has 1 rings (SSSR count). The fraction of sp³-hybridized carbons (Fsp3) is 0.250. The van der Waals surface area contributed by atoms with E-state index in [1.54, 1.807) is 32.9 Å². The van der Waals surface area contributed by atoms with Crippen molar-refractivity contribution in [2.45, 2.75) is 20.8 Å². The predicted molar refractivity (Wildman–Crippen MR) is 96.0 cm³/mol. The topological polar surface area (TPSA) is 109 Å². The molecule has 0 saturated heterocycles. The highest BCUT2D eigenvalue weighted by Gasteiger charge is 2.21. The van der Waals surface area contributed by atoms with Crippen LogP contribution in [0.15, 0.2) is 35.1 Å². The van der Waals surface area contributed by atoms with Crippen molar-refractivity contribution in [2.24, 2.45) is 10.5 Å². The van der Waals surface area contributed by atoms with Gasteiger partial charge in [0.15, 0.2) is 0 Å². The number of rotatable bonds is 5. The van der Waals surface area contributed by atoms with Crippen LogP contribution < -0.4 is 5.43 Å². The molecule has 0 aromatic heterocycles. The van der Waals surface area contributed by atoms with Crippen LogP contribution in [-0.2, 0) is 4.79 Å². The molecule has 0 aliphatic heterocycles. The van der Waals surface area contributed by atoms with Gasteiger partial charge in [-0.15, -0.1) is 0 Å². The number of anilines is 1. The Kier molecular flexibility index (Phi) is 6.52. The van der Waals surface area contributed by atoms with Gasteiger partial charge in [-0.2, -0.15) is 10.4 Å². The van der Waals surface area contributed by atoms with Gasteiger partial charge in [0, 0.05) is 16.5 Å². The molecule has 0 heterocycles. The molecule has 0 fully saturated rings. The van der Waals surface area contributed by atoms with E-state index in [1.165, 1.54) is 12.1 Å². The lowest BCUT2D eigenvalue weighted by Gasteiger charge is -2.16. The molecule has 0 spiro atoms. The standard InChI is InChI=1S/C16H16Cl2N4O2/c1-16(2,3)14(23)7-11(20)15(24)13(8-19)22-21-12-6-9(17)4-5-10(12)18/h4-7,20-21,23H,1-3H3/b14-7-,20-11?,22-13+. The van der Waals surface area contributed by atoms with Gasteiger partial charge in [-0.3, -0.25) is 15.6 Å². The third-order valence-electron chi connectivity index (χ3n) is 2.83. The van der Waals surface area contributed by atoms with Crippen molar-refractivity contribution in [3.8, 4) is 6.07 Å². The summed E-state index contributed by atoms with van der Waals surface area (Å²) in [6.45, 7) is 5.16. The van der Waals surface area contributed by atoms with Gasteiger partial charge in [-0.1, -0.05) is 44.0 Å². The highest BCUT2D eigenvalue weighted by Crippen LogP contribution is 2.25. The van der Waals surface area contributed by atoms with Crippen LogP contribution >= 0.6 is 23.2 Å². The van der Waals surface area contributed by atoms with Crippen LogP contribution in [0.3, 0.4) is 0 Å². The Bertz CT molecular complexity index is 771. The Hall–Kier alpha value is -2.36. The maximum absolute atomic E-state index is 12.1. The van der Waals surface area contributed by atoms with E-state index in [0.29, 0.717) is 15.7 Å². The molecule has 0 atom stereocenters. The molecule has 8 heteroatoms. The maximum atomic E-state index is 12.1. The second-order valence-electron chi connectivity index (χ2n) is 5.83. The van der Waals surface area contributed by atoms with Gasteiger partial charge in [0.25, 0.3) is 0 Å². The van der Waals surface area contributed by atoms with Gasteiger partial charge in [-0.05, 0) is 18.2 Å². The molecule has 24 heavy (non-hydrogen) atoms. The largest absolute Gasteiger partial charge is 0.512 e. The van der Waals surface area contributed by atoms with Crippen LogP contribution in [0.4, 0.5) is 5.69 Å². The number of halogens is 2. The van der Waals surface area contributed by atoms with Crippen LogP contribution in [0, 0.1) is 22.2 Å². The van der Waals surface area contributed by atoms with Crippen LogP contribution in [-0.4, -0.2) is 22.3 Å². The smallest absolute Gasteiger partial charge is 0.241 e. The summed E-state index contributed by atoms with van der Waals surface area (Å²) in [7, 11) is 0. The summed E-state index contributed by atoms with van der Waals surface area (Å²) < 4.78 is 0. The number of hydrogen-bond donors (Lipinski definition) is 3. The number of hydrogen-bond acceptors (Lipinski definition) is 6. The minimum absolute atomic E-state index is 0.149. The number of carbonyl (C=O) groups excluding carboxylic acids is 1. The van der Waals surface area contributed by atoms with Crippen molar-refractivity contribution in [2.75, 3.05) is 5.43 Å². The quantitative estimate of drug-likeness (QED) is 0.408. The molecule has 0 aliphatic rings. The first-order valence-corrected chi connectivity index (χ1v) is 7.55. The molecule has 0 radical (unpaired) electrons. The molecular formula is C16H16Cl2N4O2. The first-order chi connectivity index (χ1) is 11.1. The van der Waals surface area contributed by atoms with Crippen molar-refractivity contribution < 1.29 is 9.90 Å². The number of hydrazone groups is 1. The van der Waals surface area contributed by atoms with E-state index in [4.69, 9.17) is 33.9 Å². The first kappa shape index (κ1) is 19.7. The Morgan fingerprint density at radius 1 is 1.42 bits per heavy atom. The van der Waals surface area contributed by atoms with E-state index < -0.39 is 22.6 Å². The lowest BCUT2D eigenvalue weighted by Crippen LogP contribution is -2.23. The number of benzene rings is 1. The number of aliphatic hydroxyl groups excluding tert-OH is 1. The molecule has 1 aromatic carbocycles.